The van der Waals surface area contributed by atoms with E-state index in [2.05, 4.69) is 5.32 Å². The molecule has 2 saturated heterocycles. The van der Waals surface area contributed by atoms with Gasteiger partial charge in [0.15, 0.2) is 0 Å². The molecular formula is C11H22N2O2. The van der Waals surface area contributed by atoms with E-state index in [1.807, 2.05) is 0 Å². The van der Waals surface area contributed by atoms with Crippen LogP contribution in [0.5, 0.6) is 0 Å². The van der Waals surface area contributed by atoms with Crippen LogP contribution < -0.4 is 11.1 Å². The van der Waals surface area contributed by atoms with E-state index >= 15 is 0 Å². The third-order valence-electron chi connectivity index (χ3n) is 3.30. The van der Waals surface area contributed by atoms with Gasteiger partial charge in [-0.15, -0.1) is 0 Å². The fourth-order valence-electron chi connectivity index (χ4n) is 2.37. The first-order valence-electron chi connectivity index (χ1n) is 6.07. The van der Waals surface area contributed by atoms with Gasteiger partial charge in [0, 0.05) is 32.3 Å². The van der Waals surface area contributed by atoms with Gasteiger partial charge >= 0.3 is 0 Å². The van der Waals surface area contributed by atoms with E-state index in [9.17, 15) is 0 Å². The van der Waals surface area contributed by atoms with Crippen LogP contribution in [0.4, 0.5) is 0 Å². The molecule has 3 atom stereocenters. The number of hydrogen-bond acceptors (Lipinski definition) is 4. The maximum Gasteiger partial charge on any atom is 0.0741 e. The second-order valence-electron chi connectivity index (χ2n) is 4.44. The van der Waals surface area contributed by atoms with Crippen molar-refractivity contribution in [3.63, 3.8) is 0 Å². The average molecular weight is 214 g/mol. The van der Waals surface area contributed by atoms with Crippen molar-refractivity contribution in [3.05, 3.63) is 0 Å². The van der Waals surface area contributed by atoms with Crippen molar-refractivity contribution in [3.8, 4) is 0 Å². The van der Waals surface area contributed by atoms with Crippen molar-refractivity contribution in [2.45, 2.75) is 43.9 Å². The van der Waals surface area contributed by atoms with Crippen LogP contribution in [0.2, 0.25) is 0 Å². The molecule has 4 heteroatoms. The number of rotatable bonds is 5. The smallest absolute Gasteiger partial charge is 0.0741 e. The number of nitrogens with one attached hydrogen (secondary N) is 1. The Kier molecular flexibility index (Phi) is 4.38. The Morgan fingerprint density at radius 1 is 1.20 bits per heavy atom. The van der Waals surface area contributed by atoms with Gasteiger partial charge in [-0.05, 0) is 25.7 Å². The van der Waals surface area contributed by atoms with Crippen molar-refractivity contribution in [2.24, 2.45) is 5.73 Å². The predicted octanol–water partition coefficient (Wildman–Crippen LogP) is 0.261. The molecule has 0 spiro atoms. The van der Waals surface area contributed by atoms with Gasteiger partial charge in [0.2, 0.25) is 0 Å². The van der Waals surface area contributed by atoms with E-state index in [0.29, 0.717) is 24.8 Å². The van der Waals surface area contributed by atoms with E-state index < -0.39 is 0 Å². The maximum absolute atomic E-state index is 5.75. The first-order chi connectivity index (χ1) is 7.40. The van der Waals surface area contributed by atoms with Crippen LogP contribution in [0.25, 0.3) is 0 Å². The summed E-state index contributed by atoms with van der Waals surface area (Å²) in [5.41, 5.74) is 5.75. The van der Waals surface area contributed by atoms with Gasteiger partial charge in [0.25, 0.3) is 0 Å². The minimum atomic E-state index is 0.302. The zero-order chi connectivity index (χ0) is 10.5. The van der Waals surface area contributed by atoms with Gasteiger partial charge in [-0.1, -0.05) is 0 Å². The van der Waals surface area contributed by atoms with Gasteiger partial charge < -0.3 is 20.5 Å². The summed E-state index contributed by atoms with van der Waals surface area (Å²) in [6.07, 6.45) is 5.38. The van der Waals surface area contributed by atoms with Crippen molar-refractivity contribution in [1.82, 2.24) is 5.32 Å². The lowest BCUT2D eigenvalue weighted by Gasteiger charge is -2.24. The largest absolute Gasteiger partial charge is 0.377 e. The number of ether oxygens (including phenoxy) is 2. The Hall–Kier alpha value is -0.160. The summed E-state index contributed by atoms with van der Waals surface area (Å²) >= 11 is 0. The maximum atomic E-state index is 5.75. The molecule has 0 amide bonds. The Balaban J connectivity index is 1.69. The SMILES string of the molecule is NCC(NCC1CCCO1)C1CCCO1. The van der Waals surface area contributed by atoms with Crippen LogP contribution in [0, 0.1) is 0 Å². The van der Waals surface area contributed by atoms with Crippen LogP contribution in [0.3, 0.4) is 0 Å². The quantitative estimate of drug-likeness (QED) is 0.689. The Bertz CT molecular complexity index is 177. The molecule has 4 nitrogen and oxygen atoms in total. The highest BCUT2D eigenvalue weighted by molar-refractivity contribution is 4.82. The van der Waals surface area contributed by atoms with E-state index in [-0.39, 0.29) is 0 Å². The van der Waals surface area contributed by atoms with E-state index in [1.54, 1.807) is 0 Å². The highest BCUT2D eigenvalue weighted by atomic mass is 16.5. The molecule has 0 bridgehead atoms. The van der Waals surface area contributed by atoms with Crippen molar-refractivity contribution >= 4 is 0 Å². The molecule has 2 rings (SSSR count). The normalized spacial score (nSPS) is 33.4. The van der Waals surface area contributed by atoms with Crippen LogP contribution in [0.15, 0.2) is 0 Å². The molecule has 0 aliphatic carbocycles. The van der Waals surface area contributed by atoms with Gasteiger partial charge in [0.1, 0.15) is 0 Å². The molecule has 88 valence electrons. The molecule has 2 fully saturated rings. The molecule has 15 heavy (non-hydrogen) atoms. The van der Waals surface area contributed by atoms with E-state index in [0.717, 1.165) is 26.2 Å². The summed E-state index contributed by atoms with van der Waals surface area (Å²) in [4.78, 5) is 0. The summed E-state index contributed by atoms with van der Waals surface area (Å²) in [6, 6.07) is 0.302. The molecule has 2 aliphatic heterocycles. The second kappa shape index (κ2) is 5.80. The fraction of sp³-hybridized carbons (Fsp3) is 1.00. The number of nitrogens with two attached hydrogens (primary N) is 1. The average Bonchev–Trinajstić information content (AvgIpc) is 2.90. The number of hydrogen-bond donors (Lipinski definition) is 2. The first-order valence-corrected chi connectivity index (χ1v) is 6.07. The van der Waals surface area contributed by atoms with Crippen molar-refractivity contribution < 1.29 is 9.47 Å². The van der Waals surface area contributed by atoms with Crippen LogP contribution >= 0.6 is 0 Å². The predicted molar refractivity (Wildman–Crippen MR) is 58.8 cm³/mol. The van der Waals surface area contributed by atoms with Gasteiger partial charge in [-0.2, -0.15) is 0 Å². The molecule has 2 heterocycles. The summed E-state index contributed by atoms with van der Waals surface area (Å²) in [6.45, 7) is 3.38. The molecule has 3 unspecified atom stereocenters. The van der Waals surface area contributed by atoms with E-state index in [1.165, 1.54) is 19.3 Å². The lowest BCUT2D eigenvalue weighted by Crippen LogP contribution is -2.47. The molecule has 0 saturated carbocycles. The van der Waals surface area contributed by atoms with Crippen LogP contribution in [-0.4, -0.2) is 44.6 Å². The Morgan fingerprint density at radius 2 is 2.00 bits per heavy atom. The second-order valence-corrected chi connectivity index (χ2v) is 4.44. The highest BCUT2D eigenvalue weighted by Crippen LogP contribution is 2.16. The Morgan fingerprint density at radius 3 is 2.60 bits per heavy atom. The van der Waals surface area contributed by atoms with Crippen molar-refractivity contribution in [1.29, 1.82) is 0 Å². The van der Waals surface area contributed by atoms with Crippen molar-refractivity contribution in [2.75, 3.05) is 26.3 Å². The standard InChI is InChI=1S/C11H22N2O2/c12-7-10(11-4-2-6-15-11)13-8-9-3-1-5-14-9/h9-11,13H,1-8,12H2. The fourth-order valence-corrected chi connectivity index (χ4v) is 2.37. The monoisotopic (exact) mass is 214 g/mol. The summed E-state index contributed by atoms with van der Waals surface area (Å²) in [5.74, 6) is 0. The molecule has 2 aliphatic rings. The summed E-state index contributed by atoms with van der Waals surface area (Å²) in [7, 11) is 0. The lowest BCUT2D eigenvalue weighted by atomic mass is 10.1. The first kappa shape index (κ1) is 11.3. The highest BCUT2D eigenvalue weighted by Gasteiger charge is 2.25. The third kappa shape index (κ3) is 3.14. The minimum absolute atomic E-state index is 0.302. The molecule has 0 radical (unpaired) electrons. The lowest BCUT2D eigenvalue weighted by molar-refractivity contribution is 0.0668. The van der Waals surface area contributed by atoms with Crippen LogP contribution in [-0.2, 0) is 9.47 Å². The minimum Gasteiger partial charge on any atom is -0.377 e. The summed E-state index contributed by atoms with van der Waals surface area (Å²) < 4.78 is 11.2. The zero-order valence-electron chi connectivity index (χ0n) is 9.28. The molecular weight excluding hydrogens is 192 g/mol. The van der Waals surface area contributed by atoms with E-state index in [4.69, 9.17) is 15.2 Å². The third-order valence-corrected chi connectivity index (χ3v) is 3.30. The van der Waals surface area contributed by atoms with Gasteiger partial charge in [-0.3, -0.25) is 0 Å². The zero-order valence-corrected chi connectivity index (χ0v) is 9.28. The topological polar surface area (TPSA) is 56.5 Å². The Labute approximate surface area is 91.5 Å². The van der Waals surface area contributed by atoms with Gasteiger partial charge in [-0.25, -0.2) is 0 Å². The molecule has 0 aromatic heterocycles. The molecule has 0 aromatic rings. The summed E-state index contributed by atoms with van der Waals surface area (Å²) in [5, 5.41) is 3.48. The molecule has 0 aromatic carbocycles. The van der Waals surface area contributed by atoms with Crippen LogP contribution in [0.1, 0.15) is 25.7 Å². The molecule has 3 N–H and O–H groups in total. The van der Waals surface area contributed by atoms with Gasteiger partial charge in [0.05, 0.1) is 12.2 Å².